The van der Waals surface area contributed by atoms with E-state index >= 15 is 0 Å². The number of aromatic nitrogens is 1. The Morgan fingerprint density at radius 2 is 1.74 bits per heavy atom. The molecule has 0 N–H and O–H groups in total. The molecular weight excluding hydrogens is 456 g/mol. The highest BCUT2D eigenvalue weighted by Crippen LogP contribution is 2.25. The minimum Gasteiger partial charge on any atom is -0.379 e. The first-order valence-corrected chi connectivity index (χ1v) is 12.2. The van der Waals surface area contributed by atoms with E-state index in [1.807, 2.05) is 17.5 Å². The van der Waals surface area contributed by atoms with E-state index in [-0.39, 0.29) is 10.7 Å². The molecule has 1 fully saturated rings. The lowest BCUT2D eigenvalue weighted by Gasteiger charge is -2.26. The van der Waals surface area contributed by atoms with Gasteiger partial charge in [0.05, 0.1) is 23.8 Å². The van der Waals surface area contributed by atoms with Crippen molar-refractivity contribution in [3.63, 3.8) is 0 Å². The molecule has 0 spiro atoms. The number of carbonyl (C=O) groups excluding carboxylic acids is 1. The van der Waals surface area contributed by atoms with E-state index in [2.05, 4.69) is 4.98 Å². The molecule has 1 aromatic heterocycles. The van der Waals surface area contributed by atoms with Crippen LogP contribution in [-0.2, 0) is 14.8 Å². The molecule has 0 radical (unpaired) electrons. The molecule has 4 rings (SSSR count). The maximum absolute atomic E-state index is 12.7. The molecule has 1 saturated heterocycles. The molecule has 6 nitrogen and oxygen atoms in total. The van der Waals surface area contributed by atoms with Crippen LogP contribution in [0.25, 0.3) is 16.6 Å². The number of carbonyl (C=O) groups is 1. The average molecular weight is 475 g/mol. The summed E-state index contributed by atoms with van der Waals surface area (Å²) in [5, 5.41) is 3.36. The topological polar surface area (TPSA) is 76.6 Å². The van der Waals surface area contributed by atoms with Crippen LogP contribution in [0, 0.1) is 0 Å². The maximum atomic E-state index is 12.7. The lowest BCUT2D eigenvalue weighted by molar-refractivity contribution is 0.0730. The highest BCUT2D eigenvalue weighted by atomic mass is 35.5. The Labute approximate surface area is 189 Å². The minimum absolute atomic E-state index is 0.169. The van der Waals surface area contributed by atoms with E-state index in [0.29, 0.717) is 42.6 Å². The number of rotatable bonds is 6. The fourth-order valence-corrected chi connectivity index (χ4v) is 5.40. The van der Waals surface area contributed by atoms with Crippen molar-refractivity contribution >= 4 is 44.8 Å². The molecule has 160 valence electrons. The van der Waals surface area contributed by atoms with Gasteiger partial charge in [-0.15, -0.1) is 11.3 Å². The van der Waals surface area contributed by atoms with Crippen LogP contribution < -0.4 is 0 Å². The van der Waals surface area contributed by atoms with Crippen molar-refractivity contribution in [3.8, 4) is 10.6 Å². The van der Waals surface area contributed by atoms with Crippen molar-refractivity contribution in [2.24, 2.45) is 0 Å². The average Bonchev–Trinajstić information content (AvgIpc) is 3.28. The van der Waals surface area contributed by atoms with Crippen molar-refractivity contribution < 1.29 is 17.9 Å². The van der Waals surface area contributed by atoms with Crippen LogP contribution >= 0.6 is 22.9 Å². The summed E-state index contributed by atoms with van der Waals surface area (Å²) >= 11 is 7.39. The number of nitrogens with zero attached hydrogens (tertiary/aromatic N) is 2. The van der Waals surface area contributed by atoms with Gasteiger partial charge in [-0.2, -0.15) is 4.31 Å². The molecule has 0 amide bonds. The molecule has 0 atom stereocenters. The van der Waals surface area contributed by atoms with Crippen LogP contribution in [0.15, 0.2) is 64.9 Å². The zero-order valence-corrected chi connectivity index (χ0v) is 18.8. The number of hydrogen-bond acceptors (Lipinski definition) is 6. The van der Waals surface area contributed by atoms with Gasteiger partial charge in [0.25, 0.3) is 0 Å². The first-order chi connectivity index (χ1) is 14.9. The number of morpholine rings is 1. The van der Waals surface area contributed by atoms with E-state index in [1.165, 1.54) is 46.0 Å². The Kier molecular flexibility index (Phi) is 6.64. The summed E-state index contributed by atoms with van der Waals surface area (Å²) in [6, 6.07) is 13.4. The number of benzene rings is 2. The number of sulfonamides is 1. The molecule has 2 heterocycles. The van der Waals surface area contributed by atoms with Gasteiger partial charge in [-0.1, -0.05) is 23.7 Å². The third-order valence-corrected chi connectivity index (χ3v) is 7.84. The molecule has 1 aliphatic heterocycles. The van der Waals surface area contributed by atoms with Gasteiger partial charge in [-0.25, -0.2) is 13.4 Å². The van der Waals surface area contributed by atoms with Crippen LogP contribution in [0.5, 0.6) is 0 Å². The number of thiazole rings is 1. The van der Waals surface area contributed by atoms with Gasteiger partial charge in [0.15, 0.2) is 5.78 Å². The normalized spacial score (nSPS) is 15.4. The number of ether oxygens (including phenoxy) is 1. The van der Waals surface area contributed by atoms with Gasteiger partial charge in [0.2, 0.25) is 10.0 Å². The van der Waals surface area contributed by atoms with Crippen LogP contribution in [0.1, 0.15) is 16.1 Å². The van der Waals surface area contributed by atoms with Crippen molar-refractivity contribution in [3.05, 3.63) is 76.3 Å². The largest absolute Gasteiger partial charge is 0.379 e. The Bertz CT molecular complexity index is 1200. The molecule has 2 aromatic carbocycles. The first kappa shape index (κ1) is 21.9. The predicted octanol–water partition coefficient (Wildman–Crippen LogP) is 4.38. The van der Waals surface area contributed by atoms with Crippen molar-refractivity contribution in [2.45, 2.75) is 4.90 Å². The smallest absolute Gasteiger partial charge is 0.243 e. The zero-order chi connectivity index (χ0) is 21.8. The summed E-state index contributed by atoms with van der Waals surface area (Å²) in [5.41, 5.74) is 2.04. The van der Waals surface area contributed by atoms with Gasteiger partial charge in [0, 0.05) is 34.6 Å². The first-order valence-electron chi connectivity index (χ1n) is 9.55. The SMILES string of the molecule is O=C(/C=C/c1csc(-c2ccc(Cl)cc2)n1)c1ccc(S(=O)(=O)N2CCOCC2)cc1. The summed E-state index contributed by atoms with van der Waals surface area (Å²) in [6.07, 6.45) is 3.09. The molecule has 0 saturated carbocycles. The summed E-state index contributed by atoms with van der Waals surface area (Å²) < 4.78 is 32.0. The number of halogens is 1. The Hall–Kier alpha value is -2.36. The van der Waals surface area contributed by atoms with Gasteiger partial charge >= 0.3 is 0 Å². The minimum atomic E-state index is -3.58. The second kappa shape index (κ2) is 9.42. The maximum Gasteiger partial charge on any atom is 0.243 e. The van der Waals surface area contributed by atoms with E-state index in [1.54, 1.807) is 18.2 Å². The number of ketones is 1. The Morgan fingerprint density at radius 1 is 1.06 bits per heavy atom. The van der Waals surface area contributed by atoms with Crippen LogP contribution in [0.4, 0.5) is 0 Å². The van der Waals surface area contributed by atoms with Crippen molar-refractivity contribution in [1.29, 1.82) is 0 Å². The fraction of sp³-hybridized carbons (Fsp3) is 0.182. The molecule has 0 unspecified atom stereocenters. The predicted molar refractivity (Wildman–Crippen MR) is 122 cm³/mol. The lowest BCUT2D eigenvalue weighted by atomic mass is 10.1. The van der Waals surface area contributed by atoms with Gasteiger partial charge in [0.1, 0.15) is 5.01 Å². The van der Waals surface area contributed by atoms with E-state index in [9.17, 15) is 13.2 Å². The lowest BCUT2D eigenvalue weighted by Crippen LogP contribution is -2.40. The standard InChI is InChI=1S/C22H19ClN2O4S2/c23-18-5-1-17(2-6-18)22-24-19(15-30-22)7-10-21(26)16-3-8-20(9-4-16)31(27,28)25-11-13-29-14-12-25/h1-10,15H,11-14H2/b10-7+. The third-order valence-electron chi connectivity index (χ3n) is 4.77. The van der Waals surface area contributed by atoms with Gasteiger partial charge < -0.3 is 4.74 Å². The van der Waals surface area contributed by atoms with E-state index in [4.69, 9.17) is 16.3 Å². The third kappa shape index (κ3) is 5.11. The molecule has 0 aliphatic carbocycles. The molecule has 31 heavy (non-hydrogen) atoms. The summed E-state index contributed by atoms with van der Waals surface area (Å²) in [5.74, 6) is -0.226. The molecule has 9 heteroatoms. The van der Waals surface area contributed by atoms with Crippen LogP contribution in [0.2, 0.25) is 5.02 Å². The summed E-state index contributed by atoms with van der Waals surface area (Å²) in [6.45, 7) is 1.43. The number of allylic oxidation sites excluding steroid dienone is 1. The van der Waals surface area contributed by atoms with E-state index < -0.39 is 10.0 Å². The van der Waals surface area contributed by atoms with Crippen LogP contribution in [-0.4, -0.2) is 49.8 Å². The summed E-state index contributed by atoms with van der Waals surface area (Å²) in [7, 11) is -3.58. The fourth-order valence-electron chi connectivity index (χ4n) is 3.07. The van der Waals surface area contributed by atoms with Crippen LogP contribution in [0.3, 0.4) is 0 Å². The second-order valence-electron chi connectivity index (χ2n) is 6.82. The molecular formula is C22H19ClN2O4S2. The van der Waals surface area contributed by atoms with Crippen molar-refractivity contribution in [1.82, 2.24) is 9.29 Å². The Morgan fingerprint density at radius 3 is 2.42 bits per heavy atom. The summed E-state index contributed by atoms with van der Waals surface area (Å²) in [4.78, 5) is 17.2. The molecule has 3 aromatic rings. The Balaban J connectivity index is 1.44. The monoisotopic (exact) mass is 474 g/mol. The van der Waals surface area contributed by atoms with E-state index in [0.717, 1.165) is 10.6 Å². The quantitative estimate of drug-likeness (QED) is 0.391. The zero-order valence-electron chi connectivity index (χ0n) is 16.4. The highest BCUT2D eigenvalue weighted by molar-refractivity contribution is 7.89. The molecule has 1 aliphatic rings. The second-order valence-corrected chi connectivity index (χ2v) is 10.1. The van der Waals surface area contributed by atoms with Gasteiger partial charge in [-0.3, -0.25) is 4.79 Å². The molecule has 0 bridgehead atoms. The van der Waals surface area contributed by atoms with Crippen molar-refractivity contribution in [2.75, 3.05) is 26.3 Å². The highest BCUT2D eigenvalue weighted by Gasteiger charge is 2.26. The van der Waals surface area contributed by atoms with Gasteiger partial charge in [-0.05, 0) is 48.6 Å². The number of hydrogen-bond donors (Lipinski definition) is 0.